The zero-order valence-corrected chi connectivity index (χ0v) is 21.8. The molecule has 1 aromatic carbocycles. The van der Waals surface area contributed by atoms with Crippen molar-refractivity contribution in [1.82, 2.24) is 15.1 Å². The average Bonchev–Trinajstić information content (AvgIpc) is 3.48. The number of aryl methyl sites for hydroxylation is 1. The van der Waals surface area contributed by atoms with E-state index in [0.29, 0.717) is 40.9 Å². The molecule has 12 heteroatoms. The van der Waals surface area contributed by atoms with Crippen LogP contribution in [-0.2, 0) is 17.5 Å². The summed E-state index contributed by atoms with van der Waals surface area (Å²) < 4.78 is 46.2. The molecule has 0 aliphatic heterocycles. The number of thiophene rings is 1. The Kier molecular flexibility index (Phi) is 7.82. The number of aromatic nitrogens is 2. The highest BCUT2D eigenvalue weighted by atomic mass is 79.9. The van der Waals surface area contributed by atoms with Gasteiger partial charge >= 0.3 is 12.1 Å². The molecule has 1 saturated carbocycles. The third kappa shape index (κ3) is 6.04. The lowest BCUT2D eigenvalue weighted by Crippen LogP contribution is -2.30. The molecule has 1 fully saturated rings. The van der Waals surface area contributed by atoms with Crippen molar-refractivity contribution in [1.29, 1.82) is 0 Å². The van der Waals surface area contributed by atoms with Gasteiger partial charge in [-0.25, -0.2) is 4.79 Å². The molecule has 1 aliphatic carbocycles. The standard InChI is InChI=1S/C23H22BrF3N4O2S2/c1-33-21(32)15-12-16(13-6-3-2-4-7-13)35-20(15)29-22(34)28-10-5-11-31-18(14-8-9-14)17(24)19(30-31)23(25,26)27/h2-4,6-7,12,14H,5,8-11H2,1H3,(H2,28,29,34). The first kappa shape index (κ1) is 25.6. The normalized spacial score (nSPS) is 13.5. The van der Waals surface area contributed by atoms with Gasteiger partial charge in [-0.15, -0.1) is 11.3 Å². The minimum Gasteiger partial charge on any atom is -0.465 e. The number of methoxy groups -OCH3 is 1. The van der Waals surface area contributed by atoms with Crippen LogP contribution in [0.15, 0.2) is 40.9 Å². The van der Waals surface area contributed by atoms with Gasteiger partial charge in [-0.05, 0) is 59.0 Å². The molecule has 1 aliphatic rings. The average molecular weight is 587 g/mol. The van der Waals surface area contributed by atoms with E-state index in [4.69, 9.17) is 17.0 Å². The topological polar surface area (TPSA) is 68.2 Å². The molecule has 0 atom stereocenters. The summed E-state index contributed by atoms with van der Waals surface area (Å²) in [5.41, 5.74) is 1.06. The fraction of sp³-hybridized carbons (Fsp3) is 0.348. The van der Waals surface area contributed by atoms with Gasteiger partial charge in [0.05, 0.1) is 22.8 Å². The molecule has 6 nitrogen and oxygen atoms in total. The first-order valence-electron chi connectivity index (χ1n) is 10.8. The fourth-order valence-corrected chi connectivity index (χ4v) is 5.78. The second-order valence-corrected chi connectivity index (χ2v) is 10.2. The molecule has 0 bridgehead atoms. The number of benzene rings is 1. The van der Waals surface area contributed by atoms with Crippen molar-refractivity contribution in [3.63, 3.8) is 0 Å². The van der Waals surface area contributed by atoms with Crippen LogP contribution >= 0.6 is 39.5 Å². The first-order chi connectivity index (χ1) is 16.7. The van der Waals surface area contributed by atoms with Crippen LogP contribution in [0.1, 0.15) is 46.9 Å². The first-order valence-corrected chi connectivity index (χ1v) is 12.9. The molecule has 2 heterocycles. The molecule has 0 saturated heterocycles. The lowest BCUT2D eigenvalue weighted by molar-refractivity contribution is -0.142. The highest BCUT2D eigenvalue weighted by molar-refractivity contribution is 9.10. The van der Waals surface area contributed by atoms with E-state index in [-0.39, 0.29) is 10.4 Å². The third-order valence-electron chi connectivity index (χ3n) is 5.42. The lowest BCUT2D eigenvalue weighted by Gasteiger charge is -2.11. The zero-order chi connectivity index (χ0) is 25.2. The molecule has 4 rings (SSSR count). The molecule has 0 spiro atoms. The molecule has 2 aromatic heterocycles. The minimum absolute atomic E-state index is 0.0416. The highest BCUT2D eigenvalue weighted by Gasteiger charge is 2.41. The Bertz CT molecular complexity index is 1220. The monoisotopic (exact) mass is 586 g/mol. The number of alkyl halides is 3. The number of hydrogen-bond acceptors (Lipinski definition) is 5. The number of nitrogens with one attached hydrogen (secondary N) is 2. The number of esters is 1. The van der Waals surface area contributed by atoms with Crippen molar-refractivity contribution in [3.05, 3.63) is 57.8 Å². The van der Waals surface area contributed by atoms with E-state index in [9.17, 15) is 18.0 Å². The molecular weight excluding hydrogens is 565 g/mol. The van der Waals surface area contributed by atoms with E-state index in [1.807, 2.05) is 30.3 Å². The summed E-state index contributed by atoms with van der Waals surface area (Å²) in [5, 5.41) is 10.8. The summed E-state index contributed by atoms with van der Waals surface area (Å²) >= 11 is 9.86. The van der Waals surface area contributed by atoms with Crippen molar-refractivity contribution < 1.29 is 22.7 Å². The number of rotatable bonds is 8. The molecule has 3 aromatic rings. The number of ether oxygens (including phenoxy) is 1. The molecule has 35 heavy (non-hydrogen) atoms. The Labute approximate surface area is 218 Å². The van der Waals surface area contributed by atoms with Crippen LogP contribution in [0.4, 0.5) is 18.2 Å². The summed E-state index contributed by atoms with van der Waals surface area (Å²) in [6, 6.07) is 11.4. The van der Waals surface area contributed by atoms with Gasteiger partial charge in [0.2, 0.25) is 0 Å². The molecule has 0 unspecified atom stereocenters. The SMILES string of the molecule is COC(=O)c1cc(-c2ccccc2)sc1NC(=S)NCCCn1nc(C(F)(F)F)c(Br)c1C1CC1. The number of nitrogens with zero attached hydrogens (tertiary/aromatic N) is 2. The van der Waals surface area contributed by atoms with E-state index in [2.05, 4.69) is 31.7 Å². The van der Waals surface area contributed by atoms with Crippen LogP contribution in [0.5, 0.6) is 0 Å². The lowest BCUT2D eigenvalue weighted by atomic mass is 10.1. The second-order valence-electron chi connectivity index (χ2n) is 7.99. The minimum atomic E-state index is -4.51. The van der Waals surface area contributed by atoms with Gasteiger partial charge in [0.15, 0.2) is 10.8 Å². The van der Waals surface area contributed by atoms with Crippen LogP contribution in [0.3, 0.4) is 0 Å². The molecule has 0 radical (unpaired) electrons. The number of carbonyl (C=O) groups is 1. The van der Waals surface area contributed by atoms with Gasteiger partial charge in [0, 0.05) is 23.9 Å². The Hall–Kier alpha value is -2.44. The molecule has 2 N–H and O–H groups in total. The van der Waals surface area contributed by atoms with E-state index in [1.54, 1.807) is 6.07 Å². The summed E-state index contributed by atoms with van der Waals surface area (Å²) in [7, 11) is 1.32. The Morgan fingerprint density at radius 3 is 2.66 bits per heavy atom. The van der Waals surface area contributed by atoms with E-state index in [0.717, 1.165) is 23.3 Å². The largest absolute Gasteiger partial charge is 0.465 e. The van der Waals surface area contributed by atoms with Crippen LogP contribution in [-0.4, -0.2) is 34.5 Å². The molecule has 0 amide bonds. The number of hydrogen-bond donors (Lipinski definition) is 2. The Morgan fingerprint density at radius 1 is 1.31 bits per heavy atom. The predicted octanol–water partition coefficient (Wildman–Crippen LogP) is 6.43. The molecular formula is C23H22BrF3N4O2S2. The van der Waals surface area contributed by atoms with Crippen molar-refractivity contribution in [2.24, 2.45) is 0 Å². The predicted molar refractivity (Wildman–Crippen MR) is 137 cm³/mol. The van der Waals surface area contributed by atoms with Gasteiger partial charge in [-0.1, -0.05) is 30.3 Å². The number of thiocarbonyl (C=S) groups is 1. The maximum Gasteiger partial charge on any atom is 0.436 e. The second kappa shape index (κ2) is 10.7. The van der Waals surface area contributed by atoms with Crippen LogP contribution in [0, 0.1) is 0 Å². The van der Waals surface area contributed by atoms with E-state index < -0.39 is 17.8 Å². The van der Waals surface area contributed by atoms with Gasteiger partial charge in [-0.3, -0.25) is 4.68 Å². The maximum atomic E-state index is 13.3. The fourth-order valence-electron chi connectivity index (χ4n) is 3.62. The van der Waals surface area contributed by atoms with Gasteiger partial charge in [0.1, 0.15) is 5.00 Å². The summed E-state index contributed by atoms with van der Waals surface area (Å²) in [6.07, 6.45) is -2.27. The summed E-state index contributed by atoms with van der Waals surface area (Å²) in [6.45, 7) is 0.736. The summed E-state index contributed by atoms with van der Waals surface area (Å²) in [5.74, 6) is -0.371. The maximum absolute atomic E-state index is 13.3. The van der Waals surface area contributed by atoms with Gasteiger partial charge in [0.25, 0.3) is 0 Å². The Balaban J connectivity index is 1.37. The zero-order valence-electron chi connectivity index (χ0n) is 18.6. The number of halogens is 4. The van der Waals surface area contributed by atoms with Crippen molar-refractivity contribution >= 4 is 55.6 Å². The van der Waals surface area contributed by atoms with Crippen molar-refractivity contribution in [3.8, 4) is 10.4 Å². The Morgan fingerprint density at radius 2 is 2.03 bits per heavy atom. The van der Waals surface area contributed by atoms with Crippen molar-refractivity contribution in [2.45, 2.75) is 37.9 Å². The van der Waals surface area contributed by atoms with Crippen LogP contribution in [0.2, 0.25) is 0 Å². The smallest absolute Gasteiger partial charge is 0.436 e. The molecule has 186 valence electrons. The van der Waals surface area contributed by atoms with Gasteiger partial charge < -0.3 is 15.4 Å². The summed E-state index contributed by atoms with van der Waals surface area (Å²) in [4.78, 5) is 13.1. The quantitative estimate of drug-likeness (QED) is 0.180. The van der Waals surface area contributed by atoms with E-state index >= 15 is 0 Å². The number of anilines is 1. The van der Waals surface area contributed by atoms with Gasteiger partial charge in [-0.2, -0.15) is 18.3 Å². The number of carbonyl (C=O) groups excluding carboxylic acids is 1. The van der Waals surface area contributed by atoms with E-state index in [1.165, 1.54) is 23.1 Å². The highest BCUT2D eigenvalue weighted by Crippen LogP contribution is 2.47. The third-order valence-corrected chi connectivity index (χ3v) is 7.55. The van der Waals surface area contributed by atoms with Crippen molar-refractivity contribution in [2.75, 3.05) is 19.0 Å². The van der Waals surface area contributed by atoms with Crippen LogP contribution in [0.25, 0.3) is 10.4 Å². The van der Waals surface area contributed by atoms with Crippen LogP contribution < -0.4 is 10.6 Å².